The third kappa shape index (κ3) is 7.11. The van der Waals surface area contributed by atoms with E-state index in [0.29, 0.717) is 6.61 Å². The molecule has 0 bridgehead atoms. The third-order valence-corrected chi connectivity index (χ3v) is 2.30. The average Bonchev–Trinajstić information content (AvgIpc) is 2.49. The molecule has 0 atom stereocenters. The fourth-order valence-electron chi connectivity index (χ4n) is 1.26. The minimum absolute atomic E-state index is 0.344. The zero-order valence-corrected chi connectivity index (χ0v) is 11.2. The first-order valence-electron chi connectivity index (χ1n) is 6.49. The van der Waals surface area contributed by atoms with E-state index in [1.165, 1.54) is 0 Å². The zero-order chi connectivity index (χ0) is 13.8. The van der Waals surface area contributed by atoms with E-state index >= 15 is 0 Å². The molecule has 0 spiro atoms. The molecule has 1 N–H and O–H groups in total. The number of azo groups is 1. The van der Waals surface area contributed by atoms with Crippen LogP contribution in [0, 0.1) is 0 Å². The number of unbranched alkanes of at least 4 members (excludes halogenated alkanes) is 1. The Bertz CT molecular complexity index is 411. The van der Waals surface area contributed by atoms with E-state index in [9.17, 15) is 0 Å². The molecular weight excluding hydrogens is 236 g/mol. The third-order valence-electron chi connectivity index (χ3n) is 2.30. The molecule has 0 amide bonds. The quantitative estimate of drug-likeness (QED) is 0.778. The van der Waals surface area contributed by atoms with Crippen molar-refractivity contribution in [2.45, 2.75) is 19.8 Å². The summed E-state index contributed by atoms with van der Waals surface area (Å²) in [7, 11) is 0. The van der Waals surface area contributed by atoms with Gasteiger partial charge in [-0.3, -0.25) is 0 Å². The van der Waals surface area contributed by atoms with E-state index in [-0.39, 0.29) is 0 Å². The number of benzene rings is 2. The highest BCUT2D eigenvalue weighted by molar-refractivity contribution is 5.39. The maximum absolute atomic E-state index is 8.07. The van der Waals surface area contributed by atoms with Crippen LogP contribution in [0.2, 0.25) is 0 Å². The van der Waals surface area contributed by atoms with Gasteiger partial charge in [0.05, 0.1) is 11.4 Å². The maximum atomic E-state index is 8.07. The summed E-state index contributed by atoms with van der Waals surface area (Å²) < 4.78 is 0. The summed E-state index contributed by atoms with van der Waals surface area (Å²) in [5.41, 5.74) is 1.74. The van der Waals surface area contributed by atoms with E-state index < -0.39 is 0 Å². The van der Waals surface area contributed by atoms with Gasteiger partial charge in [-0.2, -0.15) is 10.2 Å². The van der Waals surface area contributed by atoms with Crippen LogP contribution in [0.3, 0.4) is 0 Å². The maximum Gasteiger partial charge on any atom is 0.0857 e. The van der Waals surface area contributed by atoms with Crippen LogP contribution in [0.5, 0.6) is 0 Å². The largest absolute Gasteiger partial charge is 0.396 e. The molecule has 0 aliphatic heterocycles. The van der Waals surface area contributed by atoms with Crippen LogP contribution in [0.25, 0.3) is 0 Å². The van der Waals surface area contributed by atoms with Crippen LogP contribution in [0.1, 0.15) is 19.8 Å². The Kier molecular flexibility index (Phi) is 7.90. The number of hydrogen-bond acceptors (Lipinski definition) is 3. The number of aliphatic hydroxyl groups is 1. The lowest BCUT2D eigenvalue weighted by molar-refractivity contribution is 0.287. The van der Waals surface area contributed by atoms with Crippen molar-refractivity contribution >= 4 is 11.4 Å². The number of nitrogens with zero attached hydrogens (tertiary/aromatic N) is 2. The smallest absolute Gasteiger partial charge is 0.0857 e. The molecule has 3 heteroatoms. The first kappa shape index (κ1) is 15.1. The number of rotatable bonds is 4. The van der Waals surface area contributed by atoms with Crippen molar-refractivity contribution in [2.24, 2.45) is 10.2 Å². The fourth-order valence-corrected chi connectivity index (χ4v) is 1.26. The molecule has 0 aliphatic carbocycles. The SMILES string of the molecule is CCCCO.c1ccc(N=Nc2ccccc2)cc1. The Morgan fingerprint density at radius 2 is 1.21 bits per heavy atom. The molecule has 0 fully saturated rings. The molecule has 100 valence electrons. The molecule has 3 nitrogen and oxygen atoms in total. The standard InChI is InChI=1S/C12H10N2.C4H10O/c1-3-7-11(8-4-1)13-14-12-9-5-2-6-10-12;1-2-3-4-5/h1-10H;5H,2-4H2,1H3. The molecule has 0 aliphatic rings. The Balaban J connectivity index is 0.000000312. The van der Waals surface area contributed by atoms with Gasteiger partial charge >= 0.3 is 0 Å². The second kappa shape index (κ2) is 9.97. The van der Waals surface area contributed by atoms with Gasteiger partial charge in [0.25, 0.3) is 0 Å². The van der Waals surface area contributed by atoms with Crippen molar-refractivity contribution in [1.29, 1.82) is 0 Å². The predicted molar refractivity (Wildman–Crippen MR) is 79.1 cm³/mol. The van der Waals surface area contributed by atoms with Gasteiger partial charge in [-0.1, -0.05) is 49.7 Å². The monoisotopic (exact) mass is 256 g/mol. The van der Waals surface area contributed by atoms with Crippen LogP contribution in [0.4, 0.5) is 11.4 Å². The average molecular weight is 256 g/mol. The fraction of sp³-hybridized carbons (Fsp3) is 0.250. The van der Waals surface area contributed by atoms with Crippen LogP contribution < -0.4 is 0 Å². The van der Waals surface area contributed by atoms with Crippen LogP contribution in [-0.2, 0) is 0 Å². The van der Waals surface area contributed by atoms with Crippen molar-refractivity contribution in [3.63, 3.8) is 0 Å². The number of hydrogen-bond donors (Lipinski definition) is 1. The lowest BCUT2D eigenvalue weighted by atomic mass is 10.3. The van der Waals surface area contributed by atoms with Gasteiger partial charge in [0.15, 0.2) is 0 Å². The molecule has 0 radical (unpaired) electrons. The van der Waals surface area contributed by atoms with E-state index in [1.807, 2.05) is 60.7 Å². The molecule has 0 aromatic heterocycles. The van der Waals surface area contributed by atoms with E-state index in [0.717, 1.165) is 24.2 Å². The lowest BCUT2D eigenvalue weighted by Crippen LogP contribution is -1.75. The topological polar surface area (TPSA) is 45.0 Å². The first-order valence-corrected chi connectivity index (χ1v) is 6.49. The summed E-state index contributed by atoms with van der Waals surface area (Å²) in [5.74, 6) is 0. The Morgan fingerprint density at radius 1 is 0.789 bits per heavy atom. The van der Waals surface area contributed by atoms with Crippen molar-refractivity contribution in [2.75, 3.05) is 6.61 Å². The molecule has 2 aromatic carbocycles. The van der Waals surface area contributed by atoms with Gasteiger partial charge in [0.2, 0.25) is 0 Å². The van der Waals surface area contributed by atoms with Gasteiger partial charge < -0.3 is 5.11 Å². The van der Waals surface area contributed by atoms with Gasteiger partial charge in [0, 0.05) is 6.61 Å². The van der Waals surface area contributed by atoms with Gasteiger partial charge in [-0.25, -0.2) is 0 Å². The van der Waals surface area contributed by atoms with E-state index in [4.69, 9.17) is 5.11 Å². The summed E-state index contributed by atoms with van der Waals surface area (Å²) in [5, 5.41) is 16.3. The Hall–Kier alpha value is -2.00. The van der Waals surface area contributed by atoms with Gasteiger partial charge in [0.1, 0.15) is 0 Å². The van der Waals surface area contributed by atoms with E-state index in [2.05, 4.69) is 17.2 Å². The highest BCUT2D eigenvalue weighted by Crippen LogP contribution is 2.16. The molecular formula is C16H20N2O. The summed E-state index contributed by atoms with van der Waals surface area (Å²) in [6, 6.07) is 19.4. The summed E-state index contributed by atoms with van der Waals surface area (Å²) in [4.78, 5) is 0. The van der Waals surface area contributed by atoms with Crippen molar-refractivity contribution < 1.29 is 5.11 Å². The minimum atomic E-state index is 0.344. The van der Waals surface area contributed by atoms with Crippen LogP contribution in [-0.4, -0.2) is 11.7 Å². The highest BCUT2D eigenvalue weighted by Gasteiger charge is 1.86. The molecule has 2 rings (SSSR count). The molecule has 0 heterocycles. The first-order chi connectivity index (χ1) is 9.36. The second-order valence-electron chi connectivity index (χ2n) is 3.95. The number of aliphatic hydroxyl groups excluding tert-OH is 1. The Labute approximate surface area is 114 Å². The predicted octanol–water partition coefficient (Wildman–Crippen LogP) is 4.88. The summed E-state index contributed by atoms with van der Waals surface area (Å²) in [6.45, 7) is 2.40. The van der Waals surface area contributed by atoms with Crippen molar-refractivity contribution in [1.82, 2.24) is 0 Å². The molecule has 19 heavy (non-hydrogen) atoms. The van der Waals surface area contributed by atoms with Crippen molar-refractivity contribution in [3.05, 3.63) is 60.7 Å². The summed E-state index contributed by atoms with van der Waals surface area (Å²) in [6.07, 6.45) is 2.04. The Morgan fingerprint density at radius 3 is 1.47 bits per heavy atom. The highest BCUT2D eigenvalue weighted by atomic mass is 16.2. The van der Waals surface area contributed by atoms with Gasteiger partial charge in [-0.15, -0.1) is 0 Å². The summed E-state index contributed by atoms with van der Waals surface area (Å²) >= 11 is 0. The minimum Gasteiger partial charge on any atom is -0.396 e. The van der Waals surface area contributed by atoms with Crippen molar-refractivity contribution in [3.8, 4) is 0 Å². The lowest BCUT2D eigenvalue weighted by Gasteiger charge is -1.91. The molecule has 0 saturated carbocycles. The second-order valence-corrected chi connectivity index (χ2v) is 3.95. The molecule has 2 aromatic rings. The van der Waals surface area contributed by atoms with Crippen LogP contribution in [0.15, 0.2) is 70.9 Å². The van der Waals surface area contributed by atoms with E-state index in [1.54, 1.807) is 0 Å². The normalized spacial score (nSPS) is 10.0. The molecule has 0 saturated heterocycles. The van der Waals surface area contributed by atoms with Crippen LogP contribution >= 0.6 is 0 Å². The zero-order valence-electron chi connectivity index (χ0n) is 11.2. The molecule has 0 unspecified atom stereocenters. The van der Waals surface area contributed by atoms with Gasteiger partial charge in [-0.05, 0) is 30.7 Å².